The van der Waals surface area contributed by atoms with Crippen LogP contribution in [0.25, 0.3) is 0 Å². The standard InChI is InChI=1S/C12H16O5/c1-3-16-12(14)8-17-10-5-4-9(7-13)6-11(10)15-2/h4-6,13H,3,7-8H2,1-2H3. The van der Waals surface area contributed by atoms with Crippen molar-refractivity contribution in [2.24, 2.45) is 0 Å². The van der Waals surface area contributed by atoms with Crippen LogP contribution in [-0.2, 0) is 16.1 Å². The smallest absolute Gasteiger partial charge is 0.344 e. The van der Waals surface area contributed by atoms with Crippen LogP contribution in [0.15, 0.2) is 18.2 Å². The number of ether oxygens (including phenoxy) is 3. The van der Waals surface area contributed by atoms with Gasteiger partial charge in [0.1, 0.15) is 0 Å². The Morgan fingerprint density at radius 3 is 2.71 bits per heavy atom. The summed E-state index contributed by atoms with van der Waals surface area (Å²) in [6, 6.07) is 4.99. The van der Waals surface area contributed by atoms with E-state index < -0.39 is 5.97 Å². The van der Waals surface area contributed by atoms with Crippen molar-refractivity contribution < 1.29 is 24.1 Å². The molecule has 0 aliphatic heterocycles. The number of aliphatic hydroxyl groups is 1. The summed E-state index contributed by atoms with van der Waals surface area (Å²) in [6.45, 7) is 1.81. The number of carbonyl (C=O) groups is 1. The fraction of sp³-hybridized carbons (Fsp3) is 0.417. The van der Waals surface area contributed by atoms with Crippen LogP contribution in [0.3, 0.4) is 0 Å². The third-order valence-corrected chi connectivity index (χ3v) is 2.06. The molecule has 0 atom stereocenters. The molecule has 0 fully saturated rings. The molecule has 0 aliphatic carbocycles. The van der Waals surface area contributed by atoms with Crippen LogP contribution in [0, 0.1) is 0 Å². The zero-order chi connectivity index (χ0) is 12.7. The Bertz CT molecular complexity index is 375. The van der Waals surface area contributed by atoms with Gasteiger partial charge in [-0.2, -0.15) is 0 Å². The van der Waals surface area contributed by atoms with E-state index in [0.717, 1.165) is 0 Å². The molecule has 1 aromatic rings. The van der Waals surface area contributed by atoms with Crippen molar-refractivity contribution in [3.63, 3.8) is 0 Å². The van der Waals surface area contributed by atoms with Gasteiger partial charge in [0.2, 0.25) is 0 Å². The van der Waals surface area contributed by atoms with Gasteiger partial charge in [0, 0.05) is 0 Å². The molecule has 17 heavy (non-hydrogen) atoms. The molecule has 94 valence electrons. The molecule has 0 bridgehead atoms. The van der Waals surface area contributed by atoms with Crippen molar-refractivity contribution in [1.29, 1.82) is 0 Å². The van der Waals surface area contributed by atoms with Gasteiger partial charge in [0.05, 0.1) is 20.3 Å². The molecule has 0 aliphatic rings. The van der Waals surface area contributed by atoms with Crippen LogP contribution >= 0.6 is 0 Å². The van der Waals surface area contributed by atoms with Gasteiger partial charge in [-0.15, -0.1) is 0 Å². The lowest BCUT2D eigenvalue weighted by molar-refractivity contribution is -0.145. The maximum Gasteiger partial charge on any atom is 0.344 e. The van der Waals surface area contributed by atoms with Crippen LogP contribution < -0.4 is 9.47 Å². The topological polar surface area (TPSA) is 65.0 Å². The molecule has 1 rings (SSSR count). The van der Waals surface area contributed by atoms with Gasteiger partial charge in [-0.3, -0.25) is 0 Å². The third-order valence-electron chi connectivity index (χ3n) is 2.06. The minimum absolute atomic E-state index is 0.0749. The van der Waals surface area contributed by atoms with Crippen molar-refractivity contribution in [2.45, 2.75) is 13.5 Å². The van der Waals surface area contributed by atoms with E-state index in [1.165, 1.54) is 7.11 Å². The molecule has 0 heterocycles. The summed E-state index contributed by atoms with van der Waals surface area (Å²) >= 11 is 0. The summed E-state index contributed by atoms with van der Waals surface area (Å²) in [4.78, 5) is 11.1. The molecule has 0 radical (unpaired) electrons. The lowest BCUT2D eigenvalue weighted by atomic mass is 10.2. The monoisotopic (exact) mass is 240 g/mol. The van der Waals surface area contributed by atoms with Gasteiger partial charge in [-0.25, -0.2) is 4.79 Å². The minimum Gasteiger partial charge on any atom is -0.493 e. The summed E-state index contributed by atoms with van der Waals surface area (Å²) in [5.74, 6) is 0.486. The van der Waals surface area contributed by atoms with Gasteiger partial charge in [0.25, 0.3) is 0 Å². The zero-order valence-electron chi connectivity index (χ0n) is 9.93. The Kier molecular flexibility index (Phi) is 5.29. The van der Waals surface area contributed by atoms with E-state index in [4.69, 9.17) is 19.3 Å². The van der Waals surface area contributed by atoms with Crippen LogP contribution in [0.4, 0.5) is 0 Å². The van der Waals surface area contributed by atoms with Gasteiger partial charge in [-0.05, 0) is 24.6 Å². The average Bonchev–Trinajstić information content (AvgIpc) is 2.36. The number of hydrogen-bond donors (Lipinski definition) is 1. The van der Waals surface area contributed by atoms with Gasteiger partial charge >= 0.3 is 5.97 Å². The number of hydrogen-bond acceptors (Lipinski definition) is 5. The third kappa shape index (κ3) is 3.96. The SMILES string of the molecule is CCOC(=O)COc1ccc(CO)cc1OC. The van der Waals surface area contributed by atoms with Gasteiger partial charge in [-0.1, -0.05) is 6.07 Å². The second-order valence-corrected chi connectivity index (χ2v) is 3.24. The summed E-state index contributed by atoms with van der Waals surface area (Å²) < 4.78 is 15.1. The highest BCUT2D eigenvalue weighted by atomic mass is 16.6. The first kappa shape index (κ1) is 13.3. The number of methoxy groups -OCH3 is 1. The summed E-state index contributed by atoms with van der Waals surface area (Å²) in [6.07, 6.45) is 0. The van der Waals surface area contributed by atoms with Crippen molar-refractivity contribution in [2.75, 3.05) is 20.3 Å². The van der Waals surface area contributed by atoms with E-state index in [2.05, 4.69) is 0 Å². The maximum atomic E-state index is 11.1. The predicted molar refractivity (Wildman–Crippen MR) is 61.0 cm³/mol. The molecular formula is C12H16O5. The Morgan fingerprint density at radius 1 is 1.35 bits per heavy atom. The van der Waals surface area contributed by atoms with E-state index in [1.54, 1.807) is 25.1 Å². The minimum atomic E-state index is -0.430. The van der Waals surface area contributed by atoms with Gasteiger partial charge in [0.15, 0.2) is 18.1 Å². The van der Waals surface area contributed by atoms with E-state index in [1.807, 2.05) is 0 Å². The van der Waals surface area contributed by atoms with E-state index in [-0.39, 0.29) is 13.2 Å². The van der Waals surface area contributed by atoms with Gasteiger partial charge < -0.3 is 19.3 Å². The molecular weight excluding hydrogens is 224 g/mol. The number of rotatable bonds is 6. The molecule has 5 heteroatoms. The Labute approximate surface area is 99.9 Å². The van der Waals surface area contributed by atoms with E-state index in [0.29, 0.717) is 23.7 Å². The molecule has 0 saturated carbocycles. The summed E-state index contributed by atoms with van der Waals surface area (Å²) in [7, 11) is 1.49. The molecule has 0 unspecified atom stereocenters. The highest BCUT2D eigenvalue weighted by molar-refractivity contribution is 5.71. The summed E-state index contributed by atoms with van der Waals surface area (Å²) in [5.41, 5.74) is 0.713. The second-order valence-electron chi connectivity index (χ2n) is 3.24. The highest BCUT2D eigenvalue weighted by Gasteiger charge is 2.08. The molecule has 5 nitrogen and oxygen atoms in total. The quantitative estimate of drug-likeness (QED) is 0.755. The average molecular weight is 240 g/mol. The molecule has 1 aromatic carbocycles. The van der Waals surface area contributed by atoms with Crippen molar-refractivity contribution >= 4 is 5.97 Å². The first-order valence-electron chi connectivity index (χ1n) is 5.27. The normalized spacial score (nSPS) is 9.82. The lowest BCUT2D eigenvalue weighted by Crippen LogP contribution is -2.14. The number of aliphatic hydroxyl groups excluding tert-OH is 1. The Hall–Kier alpha value is -1.75. The lowest BCUT2D eigenvalue weighted by Gasteiger charge is -2.11. The van der Waals surface area contributed by atoms with Crippen LogP contribution in [0.5, 0.6) is 11.5 Å². The predicted octanol–water partition coefficient (Wildman–Crippen LogP) is 1.13. The molecule has 1 N–H and O–H groups in total. The zero-order valence-corrected chi connectivity index (χ0v) is 9.93. The van der Waals surface area contributed by atoms with Crippen molar-refractivity contribution in [1.82, 2.24) is 0 Å². The van der Waals surface area contributed by atoms with Crippen molar-refractivity contribution in [3.8, 4) is 11.5 Å². The van der Waals surface area contributed by atoms with Crippen LogP contribution in [0.1, 0.15) is 12.5 Å². The highest BCUT2D eigenvalue weighted by Crippen LogP contribution is 2.27. The number of benzene rings is 1. The summed E-state index contributed by atoms with van der Waals surface area (Å²) in [5, 5.41) is 8.97. The molecule has 0 aromatic heterocycles. The molecule has 0 spiro atoms. The van der Waals surface area contributed by atoms with Crippen LogP contribution in [-0.4, -0.2) is 31.4 Å². The first-order valence-corrected chi connectivity index (χ1v) is 5.27. The largest absolute Gasteiger partial charge is 0.493 e. The first-order chi connectivity index (χ1) is 8.21. The fourth-order valence-corrected chi connectivity index (χ4v) is 1.27. The Morgan fingerprint density at radius 2 is 2.12 bits per heavy atom. The van der Waals surface area contributed by atoms with E-state index >= 15 is 0 Å². The Balaban J connectivity index is 2.67. The number of carbonyl (C=O) groups excluding carboxylic acids is 1. The van der Waals surface area contributed by atoms with Crippen molar-refractivity contribution in [3.05, 3.63) is 23.8 Å². The van der Waals surface area contributed by atoms with Crippen LogP contribution in [0.2, 0.25) is 0 Å². The molecule has 0 amide bonds. The second kappa shape index (κ2) is 6.75. The molecule has 0 saturated heterocycles. The fourth-order valence-electron chi connectivity index (χ4n) is 1.27. The number of esters is 1. The van der Waals surface area contributed by atoms with E-state index in [9.17, 15) is 4.79 Å². The maximum absolute atomic E-state index is 11.1.